The van der Waals surface area contributed by atoms with E-state index in [1.54, 1.807) is 0 Å². The standard InChI is InChI=1S/C11H15N/c1-9-6-4-5-7-11(8-9)10(2)12-3/h5-8H,4H2,1-3H3. The van der Waals surface area contributed by atoms with Gasteiger partial charge in [-0.1, -0.05) is 29.9 Å². The van der Waals surface area contributed by atoms with Gasteiger partial charge in [0.05, 0.1) is 0 Å². The van der Waals surface area contributed by atoms with Crippen molar-refractivity contribution in [3.8, 4) is 0 Å². The number of hydrogen-bond donors (Lipinski definition) is 0. The molecule has 1 nitrogen and oxygen atoms in total. The molecule has 1 aliphatic carbocycles. The Morgan fingerprint density at radius 3 is 2.92 bits per heavy atom. The fraction of sp³-hybridized carbons (Fsp3) is 0.364. The van der Waals surface area contributed by atoms with Gasteiger partial charge in [0.2, 0.25) is 0 Å². The van der Waals surface area contributed by atoms with Crippen molar-refractivity contribution in [2.24, 2.45) is 4.99 Å². The average Bonchev–Trinajstić information content (AvgIpc) is 2.28. The van der Waals surface area contributed by atoms with Crippen LogP contribution in [0.3, 0.4) is 0 Å². The molecule has 0 unspecified atom stereocenters. The second kappa shape index (κ2) is 4.05. The Kier molecular flexibility index (Phi) is 3.03. The van der Waals surface area contributed by atoms with E-state index in [1.807, 2.05) is 14.0 Å². The van der Waals surface area contributed by atoms with Crippen LogP contribution in [0.15, 0.2) is 40.4 Å². The Bertz CT molecular complexity index is 277. The van der Waals surface area contributed by atoms with Crippen LogP contribution in [0.1, 0.15) is 20.3 Å². The maximum Gasteiger partial charge on any atom is 0.0386 e. The molecule has 0 aromatic rings. The fourth-order valence-corrected chi connectivity index (χ4v) is 1.16. The molecule has 1 rings (SSSR count). The van der Waals surface area contributed by atoms with Crippen LogP contribution in [0.5, 0.6) is 0 Å². The van der Waals surface area contributed by atoms with Crippen LogP contribution in [0, 0.1) is 0 Å². The first-order valence-corrected chi connectivity index (χ1v) is 4.23. The zero-order valence-corrected chi connectivity index (χ0v) is 7.96. The summed E-state index contributed by atoms with van der Waals surface area (Å²) in [6, 6.07) is 0. The van der Waals surface area contributed by atoms with E-state index in [4.69, 9.17) is 0 Å². The van der Waals surface area contributed by atoms with Crippen molar-refractivity contribution < 1.29 is 0 Å². The molecule has 0 aromatic heterocycles. The van der Waals surface area contributed by atoms with Gasteiger partial charge in [0.1, 0.15) is 0 Å². The predicted octanol–water partition coefficient (Wildman–Crippen LogP) is 2.91. The van der Waals surface area contributed by atoms with Crippen LogP contribution < -0.4 is 0 Å². The van der Waals surface area contributed by atoms with Crippen LogP contribution in [-0.4, -0.2) is 12.8 Å². The zero-order valence-electron chi connectivity index (χ0n) is 7.96. The molecule has 0 heterocycles. The maximum absolute atomic E-state index is 4.16. The Morgan fingerprint density at radius 1 is 1.50 bits per heavy atom. The maximum atomic E-state index is 4.16. The van der Waals surface area contributed by atoms with Crippen LogP contribution in [-0.2, 0) is 0 Å². The molecule has 12 heavy (non-hydrogen) atoms. The Hall–Kier alpha value is -1.11. The number of aliphatic imine (C=N–C) groups is 1. The molecular formula is C11H15N. The first-order chi connectivity index (χ1) is 5.74. The lowest BCUT2D eigenvalue weighted by molar-refractivity contribution is 1.35. The highest BCUT2D eigenvalue weighted by atomic mass is 14.7. The van der Waals surface area contributed by atoms with Crippen molar-refractivity contribution in [2.45, 2.75) is 20.3 Å². The second-order valence-electron chi connectivity index (χ2n) is 2.99. The highest BCUT2D eigenvalue weighted by molar-refractivity contribution is 6.01. The van der Waals surface area contributed by atoms with E-state index in [0.717, 1.165) is 12.1 Å². The monoisotopic (exact) mass is 161 g/mol. The molecule has 0 amide bonds. The zero-order chi connectivity index (χ0) is 8.97. The first-order valence-electron chi connectivity index (χ1n) is 4.23. The van der Waals surface area contributed by atoms with E-state index >= 15 is 0 Å². The van der Waals surface area contributed by atoms with Crippen LogP contribution >= 0.6 is 0 Å². The smallest absolute Gasteiger partial charge is 0.0386 e. The van der Waals surface area contributed by atoms with Gasteiger partial charge in [-0.15, -0.1) is 0 Å². The molecule has 1 heteroatoms. The van der Waals surface area contributed by atoms with Crippen molar-refractivity contribution in [3.05, 3.63) is 35.5 Å². The molecule has 0 aromatic carbocycles. The van der Waals surface area contributed by atoms with Gasteiger partial charge >= 0.3 is 0 Å². The molecule has 0 bridgehead atoms. The van der Waals surface area contributed by atoms with E-state index in [9.17, 15) is 0 Å². The molecule has 0 fully saturated rings. The third kappa shape index (κ3) is 2.19. The third-order valence-electron chi connectivity index (χ3n) is 2.01. The average molecular weight is 161 g/mol. The van der Waals surface area contributed by atoms with E-state index in [-0.39, 0.29) is 0 Å². The Morgan fingerprint density at radius 2 is 2.25 bits per heavy atom. The highest BCUT2D eigenvalue weighted by Crippen LogP contribution is 2.11. The lowest BCUT2D eigenvalue weighted by Gasteiger charge is -1.98. The normalized spacial score (nSPS) is 18.4. The molecule has 0 saturated carbocycles. The molecule has 1 aliphatic rings. The summed E-state index contributed by atoms with van der Waals surface area (Å²) in [5.41, 5.74) is 3.64. The fourth-order valence-electron chi connectivity index (χ4n) is 1.16. The third-order valence-corrected chi connectivity index (χ3v) is 2.01. The number of nitrogens with zero attached hydrogens (tertiary/aromatic N) is 1. The lowest BCUT2D eigenvalue weighted by Crippen LogP contribution is -1.93. The van der Waals surface area contributed by atoms with Gasteiger partial charge in [-0.2, -0.15) is 0 Å². The summed E-state index contributed by atoms with van der Waals surface area (Å²) in [4.78, 5) is 4.16. The minimum atomic E-state index is 1.03. The van der Waals surface area contributed by atoms with Gasteiger partial charge in [0.15, 0.2) is 0 Å². The van der Waals surface area contributed by atoms with Crippen molar-refractivity contribution in [1.29, 1.82) is 0 Å². The summed E-state index contributed by atoms with van der Waals surface area (Å²) in [5, 5.41) is 0. The summed E-state index contributed by atoms with van der Waals surface area (Å²) >= 11 is 0. The Balaban J connectivity index is 2.96. The number of allylic oxidation sites excluding steroid dienone is 6. The molecule has 0 spiro atoms. The summed E-state index contributed by atoms with van der Waals surface area (Å²) in [6.07, 6.45) is 9.72. The molecular weight excluding hydrogens is 146 g/mol. The van der Waals surface area contributed by atoms with E-state index in [2.05, 4.69) is 36.2 Å². The Labute approximate surface area is 74.2 Å². The van der Waals surface area contributed by atoms with Gasteiger partial charge in [0, 0.05) is 12.8 Å². The molecule has 64 valence electrons. The molecule has 0 N–H and O–H groups in total. The topological polar surface area (TPSA) is 12.4 Å². The van der Waals surface area contributed by atoms with Gasteiger partial charge < -0.3 is 0 Å². The minimum absolute atomic E-state index is 1.03. The van der Waals surface area contributed by atoms with Gasteiger partial charge in [-0.05, 0) is 25.8 Å². The highest BCUT2D eigenvalue weighted by Gasteiger charge is 1.98. The molecule has 0 atom stereocenters. The van der Waals surface area contributed by atoms with Crippen molar-refractivity contribution in [2.75, 3.05) is 7.05 Å². The van der Waals surface area contributed by atoms with E-state index < -0.39 is 0 Å². The van der Waals surface area contributed by atoms with Crippen LogP contribution in [0.2, 0.25) is 0 Å². The quantitative estimate of drug-likeness (QED) is 0.524. The van der Waals surface area contributed by atoms with Gasteiger partial charge in [-0.3, -0.25) is 4.99 Å². The van der Waals surface area contributed by atoms with E-state index in [0.29, 0.717) is 0 Å². The number of rotatable bonds is 1. The van der Waals surface area contributed by atoms with Crippen molar-refractivity contribution >= 4 is 5.71 Å². The molecule has 0 radical (unpaired) electrons. The molecule has 0 saturated heterocycles. The van der Waals surface area contributed by atoms with Crippen LogP contribution in [0.4, 0.5) is 0 Å². The summed E-state index contributed by atoms with van der Waals surface area (Å²) < 4.78 is 0. The van der Waals surface area contributed by atoms with Crippen molar-refractivity contribution in [3.63, 3.8) is 0 Å². The predicted molar refractivity (Wildman–Crippen MR) is 54.6 cm³/mol. The van der Waals surface area contributed by atoms with Crippen LogP contribution in [0.25, 0.3) is 0 Å². The summed E-state index contributed by atoms with van der Waals surface area (Å²) in [5.74, 6) is 0. The second-order valence-corrected chi connectivity index (χ2v) is 2.99. The van der Waals surface area contributed by atoms with Crippen molar-refractivity contribution in [1.82, 2.24) is 0 Å². The molecule has 0 aliphatic heterocycles. The van der Waals surface area contributed by atoms with Gasteiger partial charge in [-0.25, -0.2) is 0 Å². The summed E-state index contributed by atoms with van der Waals surface area (Å²) in [7, 11) is 1.83. The minimum Gasteiger partial charge on any atom is -0.293 e. The SMILES string of the molecule is CN=C(C)C1=CC(C)=CCC=C1. The summed E-state index contributed by atoms with van der Waals surface area (Å²) in [6.45, 7) is 4.16. The van der Waals surface area contributed by atoms with E-state index in [1.165, 1.54) is 11.1 Å². The lowest BCUT2D eigenvalue weighted by atomic mass is 10.1. The van der Waals surface area contributed by atoms with Gasteiger partial charge in [0.25, 0.3) is 0 Å². The first kappa shape index (κ1) is 8.98. The number of hydrogen-bond acceptors (Lipinski definition) is 1. The largest absolute Gasteiger partial charge is 0.293 e.